The summed E-state index contributed by atoms with van der Waals surface area (Å²) in [6.45, 7) is 1.96. The van der Waals surface area contributed by atoms with Crippen molar-refractivity contribution in [2.24, 2.45) is 0 Å². The smallest absolute Gasteiger partial charge is 0.259 e. The van der Waals surface area contributed by atoms with Gasteiger partial charge in [-0.15, -0.1) is 0 Å². The predicted octanol–water partition coefficient (Wildman–Crippen LogP) is 2.13. The van der Waals surface area contributed by atoms with Crippen molar-refractivity contribution in [2.75, 3.05) is 5.32 Å². The number of aryl methyl sites for hydroxylation is 1. The van der Waals surface area contributed by atoms with Gasteiger partial charge in [0.15, 0.2) is 0 Å². The zero-order valence-electron chi connectivity index (χ0n) is 8.49. The molecule has 0 saturated heterocycles. The second-order valence-corrected chi connectivity index (χ2v) is 4.13. The minimum absolute atomic E-state index is 0.233. The van der Waals surface area contributed by atoms with E-state index in [1.807, 2.05) is 19.1 Å². The molecule has 0 fully saturated rings. The van der Waals surface area contributed by atoms with Gasteiger partial charge in [0.1, 0.15) is 6.33 Å². The summed E-state index contributed by atoms with van der Waals surface area (Å²) in [5.74, 6) is 0.0982. The van der Waals surface area contributed by atoms with Crippen molar-refractivity contribution in [2.45, 2.75) is 6.92 Å². The quantitative estimate of drug-likeness (QED) is 0.885. The molecular weight excluding hydrogens is 272 g/mol. The van der Waals surface area contributed by atoms with Crippen LogP contribution in [0.1, 0.15) is 15.9 Å². The molecule has 0 aliphatic heterocycles. The van der Waals surface area contributed by atoms with Gasteiger partial charge >= 0.3 is 0 Å². The van der Waals surface area contributed by atoms with Crippen molar-refractivity contribution in [3.05, 3.63) is 40.1 Å². The highest BCUT2D eigenvalue weighted by Crippen LogP contribution is 2.18. The molecule has 0 aliphatic rings. The SMILES string of the molecule is Cc1ccc(C(=O)Nc2ncn[nH]2)c(Br)c1. The van der Waals surface area contributed by atoms with Crippen LogP contribution in [0.25, 0.3) is 0 Å². The number of nitrogens with zero attached hydrogens (tertiary/aromatic N) is 2. The molecule has 0 saturated carbocycles. The number of carbonyl (C=O) groups is 1. The molecule has 0 atom stereocenters. The Hall–Kier alpha value is -1.69. The van der Waals surface area contributed by atoms with Crippen LogP contribution in [0.5, 0.6) is 0 Å². The first-order valence-corrected chi connectivity index (χ1v) is 5.39. The fourth-order valence-corrected chi connectivity index (χ4v) is 1.92. The molecule has 6 heteroatoms. The number of anilines is 1. The maximum Gasteiger partial charge on any atom is 0.259 e. The molecule has 0 radical (unpaired) electrons. The fourth-order valence-electron chi connectivity index (χ4n) is 1.24. The maximum absolute atomic E-state index is 11.8. The standard InChI is InChI=1S/C10H9BrN4O/c1-6-2-3-7(8(11)4-6)9(16)14-10-12-5-13-15-10/h2-5H,1H3,(H2,12,13,14,15,16). The molecule has 0 aliphatic carbocycles. The van der Waals surface area contributed by atoms with Crippen LogP contribution >= 0.6 is 15.9 Å². The lowest BCUT2D eigenvalue weighted by molar-refractivity contribution is 0.102. The molecule has 0 spiro atoms. The molecule has 0 unspecified atom stereocenters. The summed E-state index contributed by atoms with van der Waals surface area (Å²) < 4.78 is 0.754. The lowest BCUT2D eigenvalue weighted by atomic mass is 10.1. The number of H-pyrrole nitrogens is 1. The van der Waals surface area contributed by atoms with Gasteiger partial charge in [-0.25, -0.2) is 5.10 Å². The van der Waals surface area contributed by atoms with Gasteiger partial charge < -0.3 is 0 Å². The summed E-state index contributed by atoms with van der Waals surface area (Å²) in [6.07, 6.45) is 1.33. The number of carbonyl (C=O) groups excluding carboxylic acids is 1. The van der Waals surface area contributed by atoms with Gasteiger partial charge in [0.2, 0.25) is 5.95 Å². The topological polar surface area (TPSA) is 70.7 Å². The third-order valence-electron chi connectivity index (χ3n) is 2.02. The average molecular weight is 281 g/mol. The van der Waals surface area contributed by atoms with Crippen molar-refractivity contribution < 1.29 is 4.79 Å². The van der Waals surface area contributed by atoms with E-state index < -0.39 is 0 Å². The first-order chi connectivity index (χ1) is 7.66. The van der Waals surface area contributed by atoms with E-state index in [0.717, 1.165) is 10.0 Å². The first kappa shape index (κ1) is 10.8. The predicted molar refractivity (Wildman–Crippen MR) is 63.2 cm³/mol. The molecule has 16 heavy (non-hydrogen) atoms. The summed E-state index contributed by atoms with van der Waals surface area (Å²) in [4.78, 5) is 15.6. The van der Waals surface area contributed by atoms with Gasteiger partial charge in [-0.2, -0.15) is 10.1 Å². The largest absolute Gasteiger partial charge is 0.291 e. The average Bonchev–Trinajstić information content (AvgIpc) is 2.70. The van der Waals surface area contributed by atoms with E-state index in [0.29, 0.717) is 11.5 Å². The van der Waals surface area contributed by atoms with Crippen LogP contribution in [-0.4, -0.2) is 21.1 Å². The van der Waals surface area contributed by atoms with E-state index in [2.05, 4.69) is 36.4 Å². The van der Waals surface area contributed by atoms with Crippen molar-refractivity contribution in [3.8, 4) is 0 Å². The minimum atomic E-state index is -0.233. The van der Waals surface area contributed by atoms with Crippen molar-refractivity contribution in [1.29, 1.82) is 0 Å². The van der Waals surface area contributed by atoms with Crippen LogP contribution in [0.15, 0.2) is 29.0 Å². The maximum atomic E-state index is 11.8. The molecule has 0 bridgehead atoms. The lowest BCUT2D eigenvalue weighted by Crippen LogP contribution is -2.13. The van der Waals surface area contributed by atoms with Gasteiger partial charge in [-0.3, -0.25) is 10.1 Å². The second kappa shape index (κ2) is 4.44. The number of amides is 1. The zero-order valence-corrected chi connectivity index (χ0v) is 10.1. The molecule has 2 N–H and O–H groups in total. The highest BCUT2D eigenvalue weighted by Gasteiger charge is 2.11. The van der Waals surface area contributed by atoms with E-state index in [4.69, 9.17) is 0 Å². The van der Waals surface area contributed by atoms with Crippen LogP contribution in [-0.2, 0) is 0 Å². The fraction of sp³-hybridized carbons (Fsp3) is 0.100. The lowest BCUT2D eigenvalue weighted by Gasteiger charge is -2.04. The summed E-state index contributed by atoms with van der Waals surface area (Å²) in [7, 11) is 0. The van der Waals surface area contributed by atoms with Crippen LogP contribution < -0.4 is 5.32 Å². The van der Waals surface area contributed by atoms with Gasteiger partial charge in [0.25, 0.3) is 5.91 Å². The molecule has 5 nitrogen and oxygen atoms in total. The van der Waals surface area contributed by atoms with Gasteiger partial charge in [0.05, 0.1) is 5.56 Å². The molecule has 1 aromatic heterocycles. The Labute approximate surface area is 100 Å². The molecule has 1 aromatic carbocycles. The summed E-state index contributed by atoms with van der Waals surface area (Å²) in [5.41, 5.74) is 1.64. The van der Waals surface area contributed by atoms with Crippen molar-refractivity contribution >= 4 is 27.8 Å². The van der Waals surface area contributed by atoms with Crippen LogP contribution in [0.3, 0.4) is 0 Å². The number of nitrogens with one attached hydrogen (secondary N) is 2. The van der Waals surface area contributed by atoms with Gasteiger partial charge in [-0.05, 0) is 40.5 Å². The highest BCUT2D eigenvalue weighted by atomic mass is 79.9. The monoisotopic (exact) mass is 280 g/mol. The van der Waals surface area contributed by atoms with Crippen molar-refractivity contribution in [1.82, 2.24) is 15.2 Å². The van der Waals surface area contributed by atoms with E-state index >= 15 is 0 Å². The number of aromatic nitrogens is 3. The normalized spacial score (nSPS) is 10.1. The first-order valence-electron chi connectivity index (χ1n) is 4.59. The third-order valence-corrected chi connectivity index (χ3v) is 2.67. The van der Waals surface area contributed by atoms with Gasteiger partial charge in [-0.1, -0.05) is 6.07 Å². The molecule has 2 rings (SSSR count). The second-order valence-electron chi connectivity index (χ2n) is 3.27. The number of benzene rings is 1. The minimum Gasteiger partial charge on any atom is -0.291 e. The Morgan fingerprint density at radius 3 is 2.94 bits per heavy atom. The summed E-state index contributed by atoms with van der Waals surface area (Å²) in [6, 6.07) is 5.51. The Balaban J connectivity index is 2.21. The van der Waals surface area contributed by atoms with Crippen LogP contribution in [0.2, 0.25) is 0 Å². The van der Waals surface area contributed by atoms with Crippen molar-refractivity contribution in [3.63, 3.8) is 0 Å². The zero-order chi connectivity index (χ0) is 11.5. The number of halogens is 1. The molecule has 2 aromatic rings. The Morgan fingerprint density at radius 2 is 2.31 bits per heavy atom. The van der Waals surface area contributed by atoms with Gasteiger partial charge in [0, 0.05) is 4.47 Å². The van der Waals surface area contributed by atoms with E-state index in [1.165, 1.54) is 6.33 Å². The third kappa shape index (κ3) is 2.27. The molecule has 1 amide bonds. The number of hydrogen-bond acceptors (Lipinski definition) is 3. The molecule has 82 valence electrons. The van der Waals surface area contributed by atoms with Crippen LogP contribution in [0.4, 0.5) is 5.95 Å². The van der Waals surface area contributed by atoms with E-state index in [9.17, 15) is 4.79 Å². The van der Waals surface area contributed by atoms with E-state index in [-0.39, 0.29) is 5.91 Å². The number of rotatable bonds is 2. The summed E-state index contributed by atoms with van der Waals surface area (Å²) in [5, 5.41) is 8.80. The Morgan fingerprint density at radius 1 is 1.50 bits per heavy atom. The highest BCUT2D eigenvalue weighted by molar-refractivity contribution is 9.10. The Kier molecular flexibility index (Phi) is 3.00. The molecular formula is C10H9BrN4O. The number of aromatic amines is 1. The van der Waals surface area contributed by atoms with Crippen LogP contribution in [0, 0.1) is 6.92 Å². The number of hydrogen-bond donors (Lipinski definition) is 2. The Bertz CT molecular complexity index is 510. The molecule has 1 heterocycles. The van der Waals surface area contributed by atoms with E-state index in [1.54, 1.807) is 6.07 Å². The summed E-state index contributed by atoms with van der Waals surface area (Å²) >= 11 is 3.34.